The second kappa shape index (κ2) is 4.57. The maximum Gasteiger partial charge on any atom is 0.121 e. The highest BCUT2D eigenvalue weighted by Crippen LogP contribution is 2.51. The molecule has 1 saturated heterocycles. The fourth-order valence-corrected chi connectivity index (χ4v) is 3.00. The van der Waals surface area contributed by atoms with Gasteiger partial charge in [-0.2, -0.15) is 0 Å². The average Bonchev–Trinajstić information content (AvgIpc) is 2.26. The van der Waals surface area contributed by atoms with Gasteiger partial charge in [-0.15, -0.1) is 0 Å². The summed E-state index contributed by atoms with van der Waals surface area (Å²) in [5.41, 5.74) is -1.18. The summed E-state index contributed by atoms with van der Waals surface area (Å²) in [4.78, 5) is 0. The molecule has 0 aromatic rings. The summed E-state index contributed by atoms with van der Waals surface area (Å²) in [7, 11) is 0. The number of nitrogens with one attached hydrogen (secondary N) is 1. The van der Waals surface area contributed by atoms with E-state index in [4.69, 9.17) is 4.74 Å². The lowest BCUT2D eigenvalue weighted by molar-refractivity contribution is -0.240. The lowest BCUT2D eigenvalue weighted by Gasteiger charge is -2.57. The normalized spacial score (nSPS) is 31.3. The Hall–Kier alpha value is -0.220. The van der Waals surface area contributed by atoms with Crippen molar-refractivity contribution in [1.82, 2.24) is 5.32 Å². The first-order chi connectivity index (χ1) is 7.67. The van der Waals surface area contributed by atoms with E-state index < -0.39 is 24.5 Å². The third-order valence-corrected chi connectivity index (χ3v) is 3.80. The minimum atomic E-state index is -0.763. The minimum absolute atomic E-state index is 0.267. The van der Waals surface area contributed by atoms with Crippen molar-refractivity contribution >= 4 is 0 Å². The summed E-state index contributed by atoms with van der Waals surface area (Å²) in [6.45, 7) is 1.88. The molecule has 2 nitrogen and oxygen atoms in total. The third-order valence-electron chi connectivity index (χ3n) is 3.80. The van der Waals surface area contributed by atoms with Crippen LogP contribution in [0.4, 0.5) is 8.78 Å². The highest BCUT2D eigenvalue weighted by atomic mass is 19.1. The van der Waals surface area contributed by atoms with Crippen molar-refractivity contribution in [2.75, 3.05) is 19.9 Å². The molecule has 1 saturated carbocycles. The largest absolute Gasteiger partial charge is 0.357 e. The van der Waals surface area contributed by atoms with E-state index in [1.54, 1.807) is 0 Å². The maximum absolute atomic E-state index is 12.8. The highest BCUT2D eigenvalue weighted by Gasteiger charge is 2.57. The first kappa shape index (κ1) is 12.2. The predicted octanol–water partition coefficient (Wildman–Crippen LogP) is 2.58. The van der Waals surface area contributed by atoms with Gasteiger partial charge in [0.05, 0.1) is 19.5 Å². The van der Waals surface area contributed by atoms with Crippen molar-refractivity contribution in [2.24, 2.45) is 5.41 Å². The van der Waals surface area contributed by atoms with Crippen LogP contribution in [0, 0.1) is 5.41 Å². The molecular weight excluding hydrogens is 212 g/mol. The topological polar surface area (TPSA) is 21.3 Å². The molecule has 1 heterocycles. The van der Waals surface area contributed by atoms with Crippen LogP contribution >= 0.6 is 0 Å². The molecule has 1 spiro atoms. The van der Waals surface area contributed by atoms with Gasteiger partial charge in [0.15, 0.2) is 0 Å². The van der Waals surface area contributed by atoms with E-state index in [0.717, 1.165) is 25.8 Å². The molecule has 0 radical (unpaired) electrons. The molecule has 1 aliphatic heterocycles. The molecule has 1 N–H and O–H groups in total. The van der Waals surface area contributed by atoms with Crippen LogP contribution in [0.3, 0.4) is 0 Å². The van der Waals surface area contributed by atoms with Crippen molar-refractivity contribution in [1.29, 1.82) is 0 Å². The second-order valence-corrected chi connectivity index (χ2v) is 5.36. The molecule has 0 aromatic heterocycles. The molecule has 0 bridgehead atoms. The number of halogens is 2. The van der Waals surface area contributed by atoms with E-state index in [2.05, 4.69) is 12.2 Å². The van der Waals surface area contributed by atoms with Crippen LogP contribution in [0.25, 0.3) is 0 Å². The minimum Gasteiger partial charge on any atom is -0.357 e. The van der Waals surface area contributed by atoms with Gasteiger partial charge in [0.25, 0.3) is 0 Å². The highest BCUT2D eigenvalue weighted by molar-refractivity contribution is 5.05. The molecule has 94 valence electrons. The first-order valence-corrected chi connectivity index (χ1v) is 6.22. The Morgan fingerprint density at radius 3 is 2.56 bits per heavy atom. The number of hydrogen-bond acceptors (Lipinski definition) is 2. The van der Waals surface area contributed by atoms with Gasteiger partial charge in [0.1, 0.15) is 5.72 Å². The predicted molar refractivity (Wildman–Crippen MR) is 58.7 cm³/mol. The Balaban J connectivity index is 1.91. The number of alkyl halides is 2. The van der Waals surface area contributed by atoms with Crippen LogP contribution in [-0.4, -0.2) is 31.7 Å². The number of rotatable bonds is 4. The van der Waals surface area contributed by atoms with Gasteiger partial charge in [0.2, 0.25) is 0 Å². The molecule has 2 fully saturated rings. The summed E-state index contributed by atoms with van der Waals surface area (Å²) in [5, 5.41) is 3.29. The molecule has 4 heteroatoms. The van der Waals surface area contributed by atoms with E-state index in [1.165, 1.54) is 0 Å². The SMILES string of the molecule is CCCC1CCNC2(CC(CF)(CF)C2)O1. The van der Waals surface area contributed by atoms with Gasteiger partial charge >= 0.3 is 0 Å². The molecule has 0 amide bonds. The van der Waals surface area contributed by atoms with E-state index >= 15 is 0 Å². The van der Waals surface area contributed by atoms with Crippen molar-refractivity contribution in [3.63, 3.8) is 0 Å². The van der Waals surface area contributed by atoms with Crippen LogP contribution in [-0.2, 0) is 4.74 Å². The quantitative estimate of drug-likeness (QED) is 0.806. The maximum atomic E-state index is 12.8. The third kappa shape index (κ3) is 2.09. The van der Waals surface area contributed by atoms with Crippen LogP contribution < -0.4 is 5.32 Å². The fourth-order valence-electron chi connectivity index (χ4n) is 3.00. The van der Waals surface area contributed by atoms with E-state index in [1.807, 2.05) is 0 Å². The van der Waals surface area contributed by atoms with Crippen LogP contribution in [0.5, 0.6) is 0 Å². The first-order valence-electron chi connectivity index (χ1n) is 6.22. The smallest absolute Gasteiger partial charge is 0.121 e. The summed E-state index contributed by atoms with van der Waals surface area (Å²) in [6.07, 6.45) is 4.37. The summed E-state index contributed by atoms with van der Waals surface area (Å²) < 4.78 is 31.5. The van der Waals surface area contributed by atoms with Crippen molar-refractivity contribution in [2.45, 2.75) is 50.9 Å². The summed E-state index contributed by atoms with van der Waals surface area (Å²) in [5.74, 6) is 0. The number of ether oxygens (including phenoxy) is 1. The van der Waals surface area contributed by atoms with Gasteiger partial charge in [-0.05, 0) is 12.8 Å². The fraction of sp³-hybridized carbons (Fsp3) is 1.00. The van der Waals surface area contributed by atoms with Crippen LogP contribution in [0.15, 0.2) is 0 Å². The summed E-state index contributed by atoms with van der Waals surface area (Å²) in [6, 6.07) is 0. The van der Waals surface area contributed by atoms with Gasteiger partial charge < -0.3 is 4.74 Å². The zero-order valence-electron chi connectivity index (χ0n) is 9.90. The van der Waals surface area contributed by atoms with Crippen molar-refractivity contribution in [3.05, 3.63) is 0 Å². The van der Waals surface area contributed by atoms with Crippen LogP contribution in [0.1, 0.15) is 39.0 Å². The van der Waals surface area contributed by atoms with Gasteiger partial charge in [-0.3, -0.25) is 14.1 Å². The lowest BCUT2D eigenvalue weighted by atomic mass is 9.64. The molecule has 2 rings (SSSR count). The molecule has 1 unspecified atom stereocenters. The zero-order chi connectivity index (χ0) is 11.6. The van der Waals surface area contributed by atoms with Gasteiger partial charge in [0, 0.05) is 24.8 Å². The molecular formula is C12H21F2NO. The van der Waals surface area contributed by atoms with Crippen molar-refractivity contribution in [3.8, 4) is 0 Å². The second-order valence-electron chi connectivity index (χ2n) is 5.36. The Morgan fingerprint density at radius 1 is 1.31 bits per heavy atom. The summed E-state index contributed by atoms with van der Waals surface area (Å²) >= 11 is 0. The lowest BCUT2D eigenvalue weighted by Crippen LogP contribution is -2.67. The van der Waals surface area contributed by atoms with E-state index in [0.29, 0.717) is 12.8 Å². The van der Waals surface area contributed by atoms with E-state index in [9.17, 15) is 8.78 Å². The van der Waals surface area contributed by atoms with Crippen LogP contribution in [0.2, 0.25) is 0 Å². The molecule has 1 atom stereocenters. The van der Waals surface area contributed by atoms with Gasteiger partial charge in [-0.25, -0.2) is 0 Å². The Bertz CT molecular complexity index is 233. The molecule has 0 aromatic carbocycles. The zero-order valence-corrected chi connectivity index (χ0v) is 9.90. The molecule has 1 aliphatic carbocycles. The van der Waals surface area contributed by atoms with E-state index in [-0.39, 0.29) is 6.10 Å². The Labute approximate surface area is 95.7 Å². The Kier molecular flexibility index (Phi) is 3.50. The molecule has 16 heavy (non-hydrogen) atoms. The monoisotopic (exact) mass is 233 g/mol. The molecule has 2 aliphatic rings. The Morgan fingerprint density at radius 2 is 2.00 bits per heavy atom. The average molecular weight is 233 g/mol. The standard InChI is InChI=1S/C12H21F2NO/c1-2-3-10-4-5-15-12(16-10)6-11(7-12,8-13)9-14/h10,15H,2-9H2,1H3. The van der Waals surface area contributed by atoms with Crippen molar-refractivity contribution < 1.29 is 13.5 Å². The van der Waals surface area contributed by atoms with Gasteiger partial charge in [-0.1, -0.05) is 13.3 Å². The number of hydrogen-bond donors (Lipinski definition) is 1.